The number of thiophene rings is 1. The monoisotopic (exact) mass is 293 g/mol. The summed E-state index contributed by atoms with van der Waals surface area (Å²) < 4.78 is 5.68. The maximum atomic E-state index is 11.1. The van der Waals surface area contributed by atoms with Gasteiger partial charge in [-0.3, -0.25) is 10.1 Å². The van der Waals surface area contributed by atoms with Crippen molar-refractivity contribution in [1.29, 1.82) is 0 Å². The lowest BCUT2D eigenvalue weighted by atomic mass is 10.1. The van der Waals surface area contributed by atoms with E-state index in [1.807, 2.05) is 32.0 Å². The van der Waals surface area contributed by atoms with Crippen molar-refractivity contribution in [3.05, 3.63) is 50.4 Å². The number of aryl methyl sites for hydroxylation is 2. The number of rotatable bonds is 4. The first-order chi connectivity index (χ1) is 9.38. The lowest BCUT2D eigenvalue weighted by Crippen LogP contribution is -1.91. The number of hydrogen-bond acceptors (Lipinski definition) is 5. The Hall–Kier alpha value is -1.92. The van der Waals surface area contributed by atoms with Gasteiger partial charge in [0.1, 0.15) is 5.75 Å². The molecule has 0 amide bonds. The van der Waals surface area contributed by atoms with Gasteiger partial charge in [0.2, 0.25) is 0 Å². The molecular weight excluding hydrogens is 278 g/mol. The number of aliphatic hydroxyl groups is 1. The molecule has 2 aromatic rings. The minimum Gasteiger partial charge on any atom is -0.440 e. The summed E-state index contributed by atoms with van der Waals surface area (Å²) >= 11 is 1.09. The van der Waals surface area contributed by atoms with Crippen molar-refractivity contribution in [2.75, 3.05) is 0 Å². The molecule has 1 unspecified atom stereocenters. The summed E-state index contributed by atoms with van der Waals surface area (Å²) in [5.74, 6) is 0.590. The fraction of sp³-hybridized carbons (Fsp3) is 0.286. The highest BCUT2D eigenvalue weighted by Gasteiger charge is 2.23. The first-order valence-corrected chi connectivity index (χ1v) is 6.91. The summed E-state index contributed by atoms with van der Waals surface area (Å²) in [7, 11) is 0. The van der Waals surface area contributed by atoms with Crippen LogP contribution in [0.3, 0.4) is 0 Å². The molecule has 0 radical (unpaired) electrons. The van der Waals surface area contributed by atoms with E-state index < -0.39 is 11.0 Å². The third-order valence-corrected chi connectivity index (χ3v) is 4.03. The maximum absolute atomic E-state index is 11.1. The van der Waals surface area contributed by atoms with Crippen molar-refractivity contribution in [2.45, 2.75) is 26.9 Å². The molecule has 106 valence electrons. The second kappa shape index (κ2) is 5.60. The van der Waals surface area contributed by atoms with Crippen molar-refractivity contribution in [3.63, 3.8) is 0 Å². The smallest absolute Gasteiger partial charge is 0.323 e. The number of hydrogen-bond donors (Lipinski definition) is 1. The van der Waals surface area contributed by atoms with Crippen LogP contribution in [0.4, 0.5) is 5.69 Å². The molecule has 0 bridgehead atoms. The highest BCUT2D eigenvalue weighted by atomic mass is 32.1. The van der Waals surface area contributed by atoms with Crippen LogP contribution in [0.15, 0.2) is 24.3 Å². The molecule has 1 N–H and O–H groups in total. The summed E-state index contributed by atoms with van der Waals surface area (Å²) in [4.78, 5) is 11.1. The Kier molecular flexibility index (Phi) is 4.06. The third-order valence-electron chi connectivity index (χ3n) is 2.85. The molecule has 0 fully saturated rings. The zero-order chi connectivity index (χ0) is 14.9. The first kappa shape index (κ1) is 14.5. The lowest BCUT2D eigenvalue weighted by molar-refractivity contribution is -0.385. The van der Waals surface area contributed by atoms with Crippen LogP contribution in [0.1, 0.15) is 29.0 Å². The van der Waals surface area contributed by atoms with Gasteiger partial charge >= 0.3 is 5.69 Å². The van der Waals surface area contributed by atoms with Gasteiger partial charge in [-0.05, 0) is 38.0 Å². The highest BCUT2D eigenvalue weighted by Crippen LogP contribution is 2.42. The molecule has 0 aliphatic rings. The average molecular weight is 293 g/mol. The first-order valence-electron chi connectivity index (χ1n) is 6.09. The van der Waals surface area contributed by atoms with E-state index in [2.05, 4.69) is 0 Å². The van der Waals surface area contributed by atoms with Crippen LogP contribution in [-0.2, 0) is 0 Å². The van der Waals surface area contributed by atoms with E-state index in [1.165, 1.54) is 6.07 Å². The Balaban J connectivity index is 2.42. The molecule has 20 heavy (non-hydrogen) atoms. The maximum Gasteiger partial charge on any atom is 0.323 e. The van der Waals surface area contributed by atoms with Gasteiger partial charge in [0.25, 0.3) is 5.06 Å². The Morgan fingerprint density at radius 1 is 1.35 bits per heavy atom. The lowest BCUT2D eigenvalue weighted by Gasteiger charge is -2.07. The normalized spacial score (nSPS) is 12.2. The zero-order valence-corrected chi connectivity index (χ0v) is 12.2. The molecule has 0 saturated carbocycles. The Labute approximate surface area is 120 Å². The fourth-order valence-electron chi connectivity index (χ4n) is 1.71. The van der Waals surface area contributed by atoms with Gasteiger partial charge < -0.3 is 9.84 Å². The summed E-state index contributed by atoms with van der Waals surface area (Å²) in [6, 6.07) is 7.04. The third kappa shape index (κ3) is 2.97. The van der Waals surface area contributed by atoms with E-state index in [4.69, 9.17) is 4.74 Å². The molecule has 1 aromatic heterocycles. The predicted octanol–water partition coefficient (Wildman–Crippen LogP) is 4.12. The van der Waals surface area contributed by atoms with Crippen LogP contribution in [0.2, 0.25) is 0 Å². The molecule has 0 aliphatic heterocycles. The topological polar surface area (TPSA) is 72.6 Å². The van der Waals surface area contributed by atoms with Gasteiger partial charge in [0, 0.05) is 10.9 Å². The Morgan fingerprint density at radius 2 is 2.05 bits per heavy atom. The van der Waals surface area contributed by atoms with Gasteiger partial charge in [-0.1, -0.05) is 23.5 Å². The zero-order valence-electron chi connectivity index (χ0n) is 11.4. The molecule has 1 atom stereocenters. The SMILES string of the molecule is Cc1ccc(C)c(Oc2sc(C(C)O)cc2[N+](=O)[O-])c1. The van der Waals surface area contributed by atoms with Crippen LogP contribution in [-0.4, -0.2) is 10.0 Å². The average Bonchev–Trinajstić information content (AvgIpc) is 2.78. The van der Waals surface area contributed by atoms with Crippen molar-refractivity contribution in [2.24, 2.45) is 0 Å². The van der Waals surface area contributed by atoms with Crippen LogP contribution in [0, 0.1) is 24.0 Å². The fourth-order valence-corrected chi connectivity index (χ4v) is 2.63. The number of nitro groups is 1. The van der Waals surface area contributed by atoms with Crippen molar-refractivity contribution < 1.29 is 14.8 Å². The second-order valence-electron chi connectivity index (χ2n) is 4.63. The van der Waals surface area contributed by atoms with Crippen LogP contribution >= 0.6 is 11.3 Å². The molecular formula is C14H15NO4S. The number of benzene rings is 1. The predicted molar refractivity (Wildman–Crippen MR) is 77.6 cm³/mol. The Bertz CT molecular complexity index is 649. The Morgan fingerprint density at radius 3 is 2.65 bits per heavy atom. The number of aliphatic hydroxyl groups excluding tert-OH is 1. The van der Waals surface area contributed by atoms with Crippen molar-refractivity contribution >= 4 is 17.0 Å². The molecule has 0 aliphatic carbocycles. The van der Waals surface area contributed by atoms with Gasteiger partial charge in [-0.25, -0.2) is 0 Å². The minimum absolute atomic E-state index is 0.119. The van der Waals surface area contributed by atoms with E-state index in [-0.39, 0.29) is 10.8 Å². The summed E-state index contributed by atoms with van der Waals surface area (Å²) in [5.41, 5.74) is 1.80. The van der Waals surface area contributed by atoms with E-state index in [0.717, 1.165) is 22.5 Å². The van der Waals surface area contributed by atoms with Gasteiger partial charge in [0.05, 0.1) is 11.0 Å². The standard InChI is InChI=1S/C14H15NO4S/c1-8-4-5-9(2)12(6-8)19-14-11(15(17)18)7-13(20-14)10(3)16/h4-7,10,16H,1-3H3. The van der Waals surface area contributed by atoms with Crippen LogP contribution in [0.5, 0.6) is 10.8 Å². The van der Waals surface area contributed by atoms with E-state index >= 15 is 0 Å². The summed E-state index contributed by atoms with van der Waals surface area (Å²) in [6.45, 7) is 5.37. The number of ether oxygens (including phenoxy) is 1. The van der Waals surface area contributed by atoms with Gasteiger partial charge in [0.15, 0.2) is 0 Å². The molecule has 1 heterocycles. The van der Waals surface area contributed by atoms with Crippen LogP contribution in [0.25, 0.3) is 0 Å². The van der Waals surface area contributed by atoms with Crippen LogP contribution < -0.4 is 4.74 Å². The van der Waals surface area contributed by atoms with Crippen molar-refractivity contribution in [1.82, 2.24) is 0 Å². The number of nitrogens with zero attached hydrogens (tertiary/aromatic N) is 1. The molecule has 2 rings (SSSR count). The molecule has 0 spiro atoms. The second-order valence-corrected chi connectivity index (χ2v) is 5.67. The highest BCUT2D eigenvalue weighted by molar-refractivity contribution is 7.14. The van der Waals surface area contributed by atoms with Gasteiger partial charge in [-0.2, -0.15) is 0 Å². The largest absolute Gasteiger partial charge is 0.440 e. The quantitative estimate of drug-likeness (QED) is 0.680. The molecule has 6 heteroatoms. The molecule has 5 nitrogen and oxygen atoms in total. The van der Waals surface area contributed by atoms with E-state index in [0.29, 0.717) is 10.6 Å². The summed E-state index contributed by atoms with van der Waals surface area (Å²) in [6.07, 6.45) is -0.755. The molecule has 0 saturated heterocycles. The summed E-state index contributed by atoms with van der Waals surface area (Å²) in [5, 5.41) is 20.8. The van der Waals surface area contributed by atoms with E-state index in [9.17, 15) is 15.2 Å². The minimum atomic E-state index is -0.755. The molecule has 1 aromatic carbocycles. The van der Waals surface area contributed by atoms with E-state index in [1.54, 1.807) is 6.92 Å². The van der Waals surface area contributed by atoms with Crippen molar-refractivity contribution in [3.8, 4) is 10.8 Å². The van der Waals surface area contributed by atoms with Gasteiger partial charge in [-0.15, -0.1) is 0 Å².